The molecule has 0 saturated heterocycles. The van der Waals surface area contributed by atoms with Crippen molar-refractivity contribution in [3.63, 3.8) is 0 Å². The van der Waals surface area contributed by atoms with E-state index in [0.717, 1.165) is 24.0 Å². The molecule has 1 heterocycles. The number of ether oxygens (including phenoxy) is 1. The van der Waals surface area contributed by atoms with Gasteiger partial charge in [-0.3, -0.25) is 4.98 Å². The standard InChI is InChI=1S/C13H21BrN2O/c1-10(11(2)16-4-5-17-3)6-12-7-13(14)9-15-8-12/h7-11,16H,4-6H2,1-3H3. The summed E-state index contributed by atoms with van der Waals surface area (Å²) in [6, 6.07) is 2.61. The molecule has 0 saturated carbocycles. The monoisotopic (exact) mass is 300 g/mol. The van der Waals surface area contributed by atoms with Gasteiger partial charge in [0.15, 0.2) is 0 Å². The minimum atomic E-state index is 0.476. The first-order valence-electron chi connectivity index (χ1n) is 5.95. The van der Waals surface area contributed by atoms with Gasteiger partial charge < -0.3 is 10.1 Å². The van der Waals surface area contributed by atoms with Gasteiger partial charge in [0.25, 0.3) is 0 Å². The summed E-state index contributed by atoms with van der Waals surface area (Å²) < 4.78 is 6.07. The zero-order valence-electron chi connectivity index (χ0n) is 10.7. The van der Waals surface area contributed by atoms with E-state index in [2.05, 4.69) is 46.1 Å². The smallest absolute Gasteiger partial charge is 0.0587 e. The second-order valence-corrected chi connectivity index (χ2v) is 5.34. The van der Waals surface area contributed by atoms with Crippen LogP contribution in [0.5, 0.6) is 0 Å². The van der Waals surface area contributed by atoms with E-state index in [1.54, 1.807) is 7.11 Å². The van der Waals surface area contributed by atoms with E-state index in [9.17, 15) is 0 Å². The summed E-state index contributed by atoms with van der Waals surface area (Å²) in [6.45, 7) is 6.13. The Morgan fingerprint density at radius 2 is 2.18 bits per heavy atom. The number of nitrogens with zero attached hydrogens (tertiary/aromatic N) is 1. The fraction of sp³-hybridized carbons (Fsp3) is 0.615. The van der Waals surface area contributed by atoms with Crippen LogP contribution in [0.3, 0.4) is 0 Å². The van der Waals surface area contributed by atoms with Crippen molar-refractivity contribution in [2.75, 3.05) is 20.3 Å². The molecule has 0 bridgehead atoms. The van der Waals surface area contributed by atoms with Crippen molar-refractivity contribution in [2.45, 2.75) is 26.3 Å². The average Bonchev–Trinajstić information content (AvgIpc) is 2.29. The van der Waals surface area contributed by atoms with Gasteiger partial charge in [0.2, 0.25) is 0 Å². The molecule has 0 fully saturated rings. The number of rotatable bonds is 7. The highest BCUT2D eigenvalue weighted by molar-refractivity contribution is 9.10. The molecule has 2 atom stereocenters. The maximum absolute atomic E-state index is 5.03. The third-order valence-electron chi connectivity index (χ3n) is 2.95. The minimum Gasteiger partial charge on any atom is -0.383 e. The second kappa shape index (κ2) is 7.80. The number of halogens is 1. The largest absolute Gasteiger partial charge is 0.383 e. The van der Waals surface area contributed by atoms with Crippen molar-refractivity contribution in [1.82, 2.24) is 10.3 Å². The Bertz CT molecular complexity index is 333. The first-order valence-corrected chi connectivity index (χ1v) is 6.74. The molecule has 1 aromatic rings. The molecule has 0 radical (unpaired) electrons. The third-order valence-corrected chi connectivity index (χ3v) is 3.38. The normalized spacial score (nSPS) is 14.6. The van der Waals surface area contributed by atoms with Crippen LogP contribution in [0, 0.1) is 5.92 Å². The minimum absolute atomic E-state index is 0.476. The average molecular weight is 301 g/mol. The van der Waals surface area contributed by atoms with Crippen LogP contribution in [-0.2, 0) is 11.2 Å². The first-order chi connectivity index (χ1) is 8.13. The molecule has 0 aromatic carbocycles. The van der Waals surface area contributed by atoms with Gasteiger partial charge in [-0.05, 0) is 46.8 Å². The molecule has 1 aromatic heterocycles. The van der Waals surface area contributed by atoms with Gasteiger partial charge in [0.1, 0.15) is 0 Å². The van der Waals surface area contributed by atoms with Crippen LogP contribution in [-0.4, -0.2) is 31.3 Å². The number of hydrogen-bond donors (Lipinski definition) is 1. The third kappa shape index (κ3) is 5.61. The molecule has 0 amide bonds. The molecule has 0 aliphatic carbocycles. The van der Waals surface area contributed by atoms with Crippen LogP contribution in [0.25, 0.3) is 0 Å². The van der Waals surface area contributed by atoms with E-state index in [1.165, 1.54) is 5.56 Å². The van der Waals surface area contributed by atoms with Gasteiger partial charge in [-0.1, -0.05) is 6.92 Å². The second-order valence-electron chi connectivity index (χ2n) is 4.43. The molecule has 17 heavy (non-hydrogen) atoms. The zero-order chi connectivity index (χ0) is 12.7. The van der Waals surface area contributed by atoms with Crippen LogP contribution < -0.4 is 5.32 Å². The Balaban J connectivity index is 2.39. The predicted molar refractivity (Wildman–Crippen MR) is 74.1 cm³/mol. The van der Waals surface area contributed by atoms with Crippen molar-refractivity contribution in [3.05, 3.63) is 28.5 Å². The molecule has 0 aliphatic rings. The van der Waals surface area contributed by atoms with Gasteiger partial charge in [0.05, 0.1) is 6.61 Å². The number of hydrogen-bond acceptors (Lipinski definition) is 3. The summed E-state index contributed by atoms with van der Waals surface area (Å²) >= 11 is 3.45. The lowest BCUT2D eigenvalue weighted by atomic mass is 9.96. The van der Waals surface area contributed by atoms with Crippen molar-refractivity contribution >= 4 is 15.9 Å². The van der Waals surface area contributed by atoms with Crippen molar-refractivity contribution < 1.29 is 4.74 Å². The van der Waals surface area contributed by atoms with Crippen LogP contribution in [0.15, 0.2) is 22.9 Å². The summed E-state index contributed by atoms with van der Waals surface area (Å²) in [5, 5.41) is 3.46. The lowest BCUT2D eigenvalue weighted by Gasteiger charge is -2.21. The summed E-state index contributed by atoms with van der Waals surface area (Å²) in [5.41, 5.74) is 1.27. The Morgan fingerprint density at radius 1 is 1.41 bits per heavy atom. The Kier molecular flexibility index (Phi) is 6.70. The summed E-state index contributed by atoms with van der Waals surface area (Å²) in [7, 11) is 1.73. The molecule has 0 aliphatic heterocycles. The zero-order valence-corrected chi connectivity index (χ0v) is 12.3. The molecule has 96 valence electrons. The highest BCUT2D eigenvalue weighted by Crippen LogP contribution is 2.15. The highest BCUT2D eigenvalue weighted by Gasteiger charge is 2.12. The van der Waals surface area contributed by atoms with Gasteiger partial charge >= 0.3 is 0 Å². The van der Waals surface area contributed by atoms with Gasteiger partial charge in [-0.2, -0.15) is 0 Å². The van der Waals surface area contributed by atoms with Crippen LogP contribution in [0.4, 0.5) is 0 Å². The van der Waals surface area contributed by atoms with E-state index in [1.807, 2.05) is 12.4 Å². The molecule has 1 N–H and O–H groups in total. The fourth-order valence-corrected chi connectivity index (χ4v) is 2.12. The Labute approximate surface area is 112 Å². The summed E-state index contributed by atoms with van der Waals surface area (Å²) in [6.07, 6.45) is 4.78. The quantitative estimate of drug-likeness (QED) is 0.786. The number of nitrogens with one attached hydrogen (secondary N) is 1. The molecular formula is C13H21BrN2O. The van der Waals surface area contributed by atoms with Crippen LogP contribution >= 0.6 is 15.9 Å². The van der Waals surface area contributed by atoms with E-state index in [0.29, 0.717) is 12.0 Å². The molecule has 3 nitrogen and oxygen atoms in total. The lowest BCUT2D eigenvalue weighted by molar-refractivity contribution is 0.192. The molecule has 2 unspecified atom stereocenters. The van der Waals surface area contributed by atoms with Crippen molar-refractivity contribution in [1.29, 1.82) is 0 Å². The van der Waals surface area contributed by atoms with Crippen LogP contribution in [0.1, 0.15) is 19.4 Å². The Morgan fingerprint density at radius 3 is 2.82 bits per heavy atom. The van der Waals surface area contributed by atoms with Gasteiger partial charge in [-0.25, -0.2) is 0 Å². The van der Waals surface area contributed by atoms with E-state index >= 15 is 0 Å². The Hall–Kier alpha value is -0.450. The number of aromatic nitrogens is 1. The van der Waals surface area contributed by atoms with Crippen LogP contribution in [0.2, 0.25) is 0 Å². The maximum atomic E-state index is 5.03. The number of pyridine rings is 1. The lowest BCUT2D eigenvalue weighted by Crippen LogP contribution is -2.35. The SMILES string of the molecule is COCCNC(C)C(C)Cc1cncc(Br)c1. The molecular weight excluding hydrogens is 280 g/mol. The van der Waals surface area contributed by atoms with E-state index < -0.39 is 0 Å². The topological polar surface area (TPSA) is 34.1 Å². The van der Waals surface area contributed by atoms with E-state index in [4.69, 9.17) is 4.74 Å². The van der Waals surface area contributed by atoms with E-state index in [-0.39, 0.29) is 0 Å². The predicted octanol–water partition coefficient (Wildman–Crippen LogP) is 2.65. The summed E-state index contributed by atoms with van der Waals surface area (Å²) in [5.74, 6) is 0.572. The molecule has 0 spiro atoms. The molecule has 1 rings (SSSR count). The van der Waals surface area contributed by atoms with Gasteiger partial charge in [0, 0.05) is 36.6 Å². The van der Waals surface area contributed by atoms with Crippen molar-refractivity contribution in [3.8, 4) is 0 Å². The number of methoxy groups -OCH3 is 1. The highest BCUT2D eigenvalue weighted by atomic mass is 79.9. The van der Waals surface area contributed by atoms with Crippen molar-refractivity contribution in [2.24, 2.45) is 5.92 Å². The molecule has 4 heteroatoms. The van der Waals surface area contributed by atoms with Gasteiger partial charge in [-0.15, -0.1) is 0 Å². The maximum Gasteiger partial charge on any atom is 0.0587 e. The summed E-state index contributed by atoms with van der Waals surface area (Å²) in [4.78, 5) is 4.18. The first kappa shape index (κ1) is 14.6. The fourth-order valence-electron chi connectivity index (χ4n) is 1.71.